The van der Waals surface area contributed by atoms with Crippen LogP contribution < -0.4 is 11.1 Å². The number of phenols is 2. The molecule has 1 aromatic rings. The Morgan fingerprint density at radius 1 is 1.33 bits per heavy atom. The number of carbonyl (C=O) groups is 2. The number of carbonyl (C=O) groups excluding carboxylic acids is 2. The number of hydrogen-bond donors (Lipinski definition) is 4. The van der Waals surface area contributed by atoms with Crippen molar-refractivity contribution in [2.24, 2.45) is 5.73 Å². The maximum atomic E-state index is 12.2. The molecule has 5 N–H and O–H groups in total. The van der Waals surface area contributed by atoms with Crippen molar-refractivity contribution in [3.8, 4) is 11.5 Å². The standard InChI is InChI=1S/C14H21N3O4/c1-3-17(8-13(20)16-2)14(21)10(15)6-9-4-5-11(18)12(19)7-9/h4-5,7,10,18-19H,3,6,8,15H2,1-2H3,(H,16,20)/t10-/m0/s1. The molecular formula is C14H21N3O4. The van der Waals surface area contributed by atoms with Crippen LogP contribution in [0.3, 0.4) is 0 Å². The van der Waals surface area contributed by atoms with E-state index in [0.29, 0.717) is 12.1 Å². The van der Waals surface area contributed by atoms with Crippen molar-refractivity contribution >= 4 is 11.8 Å². The summed E-state index contributed by atoms with van der Waals surface area (Å²) in [5.41, 5.74) is 6.49. The van der Waals surface area contributed by atoms with E-state index >= 15 is 0 Å². The highest BCUT2D eigenvalue weighted by molar-refractivity contribution is 5.87. The molecule has 0 spiro atoms. The number of aromatic hydroxyl groups is 2. The highest BCUT2D eigenvalue weighted by atomic mass is 16.3. The Balaban J connectivity index is 2.72. The molecule has 0 heterocycles. The third-order valence-corrected chi connectivity index (χ3v) is 3.12. The normalized spacial score (nSPS) is 11.8. The lowest BCUT2D eigenvalue weighted by Crippen LogP contribution is -2.48. The van der Waals surface area contributed by atoms with Crippen molar-refractivity contribution in [3.63, 3.8) is 0 Å². The molecule has 0 aliphatic heterocycles. The van der Waals surface area contributed by atoms with Crippen molar-refractivity contribution in [2.45, 2.75) is 19.4 Å². The van der Waals surface area contributed by atoms with E-state index in [0.717, 1.165) is 0 Å². The number of nitrogens with zero attached hydrogens (tertiary/aromatic N) is 1. The fraction of sp³-hybridized carbons (Fsp3) is 0.429. The van der Waals surface area contributed by atoms with Crippen molar-refractivity contribution < 1.29 is 19.8 Å². The first-order valence-electron chi connectivity index (χ1n) is 6.64. The maximum absolute atomic E-state index is 12.2. The van der Waals surface area contributed by atoms with Crippen LogP contribution in [0.1, 0.15) is 12.5 Å². The van der Waals surface area contributed by atoms with Crippen LogP contribution in [0.15, 0.2) is 18.2 Å². The first kappa shape index (κ1) is 16.8. The molecule has 1 atom stereocenters. The van der Waals surface area contributed by atoms with Gasteiger partial charge in [0.25, 0.3) is 0 Å². The summed E-state index contributed by atoms with van der Waals surface area (Å²) in [4.78, 5) is 24.9. The second kappa shape index (κ2) is 7.49. The second-order valence-electron chi connectivity index (χ2n) is 4.66. The average Bonchev–Trinajstić information content (AvgIpc) is 2.47. The Bertz CT molecular complexity index is 519. The van der Waals surface area contributed by atoms with Gasteiger partial charge in [-0.1, -0.05) is 6.07 Å². The van der Waals surface area contributed by atoms with E-state index in [9.17, 15) is 19.8 Å². The molecule has 7 heteroatoms. The minimum atomic E-state index is -0.821. The second-order valence-corrected chi connectivity index (χ2v) is 4.66. The number of nitrogens with two attached hydrogens (primary N) is 1. The predicted octanol–water partition coefficient (Wildman–Crippen LogP) is -0.438. The minimum absolute atomic E-state index is 0.0413. The van der Waals surface area contributed by atoms with Crippen molar-refractivity contribution in [1.82, 2.24) is 10.2 Å². The van der Waals surface area contributed by atoms with Crippen LogP contribution in [-0.2, 0) is 16.0 Å². The Morgan fingerprint density at radius 3 is 2.52 bits per heavy atom. The first-order chi connectivity index (χ1) is 9.88. The summed E-state index contributed by atoms with van der Waals surface area (Å²) in [6.45, 7) is 2.10. The maximum Gasteiger partial charge on any atom is 0.240 e. The third-order valence-electron chi connectivity index (χ3n) is 3.12. The van der Waals surface area contributed by atoms with Gasteiger partial charge < -0.3 is 26.2 Å². The van der Waals surface area contributed by atoms with Crippen LogP contribution in [-0.4, -0.2) is 53.1 Å². The Morgan fingerprint density at radius 2 is 2.00 bits per heavy atom. The number of likely N-dealkylation sites (N-methyl/N-ethyl adjacent to an activating group) is 2. The Labute approximate surface area is 123 Å². The van der Waals surface area contributed by atoms with Crippen LogP contribution in [0.2, 0.25) is 0 Å². The lowest BCUT2D eigenvalue weighted by atomic mass is 10.0. The number of benzene rings is 1. The minimum Gasteiger partial charge on any atom is -0.504 e. The molecular weight excluding hydrogens is 274 g/mol. The molecule has 2 amide bonds. The van der Waals surface area contributed by atoms with Gasteiger partial charge >= 0.3 is 0 Å². The van der Waals surface area contributed by atoms with Gasteiger partial charge in [-0.2, -0.15) is 0 Å². The molecule has 0 aromatic heterocycles. The van der Waals surface area contributed by atoms with E-state index in [1.54, 1.807) is 13.0 Å². The number of phenolic OH excluding ortho intramolecular Hbond substituents is 2. The summed E-state index contributed by atoms with van der Waals surface area (Å²) in [5.74, 6) is -1.09. The van der Waals surface area contributed by atoms with Gasteiger partial charge in [0.2, 0.25) is 11.8 Å². The number of hydrogen-bond acceptors (Lipinski definition) is 5. The fourth-order valence-corrected chi connectivity index (χ4v) is 1.87. The molecule has 7 nitrogen and oxygen atoms in total. The van der Waals surface area contributed by atoms with Gasteiger partial charge in [-0.25, -0.2) is 0 Å². The number of nitrogens with one attached hydrogen (secondary N) is 1. The lowest BCUT2D eigenvalue weighted by Gasteiger charge is -2.23. The highest BCUT2D eigenvalue weighted by Crippen LogP contribution is 2.25. The summed E-state index contributed by atoms with van der Waals surface area (Å²) in [5, 5.41) is 21.1. The molecule has 116 valence electrons. The Kier molecular flexibility index (Phi) is 5.98. The molecule has 0 bridgehead atoms. The number of rotatable bonds is 6. The third kappa shape index (κ3) is 4.64. The van der Waals surface area contributed by atoms with Gasteiger partial charge in [-0.3, -0.25) is 9.59 Å². The van der Waals surface area contributed by atoms with Gasteiger partial charge in [0.05, 0.1) is 12.6 Å². The van der Waals surface area contributed by atoms with Gasteiger partial charge in [-0.05, 0) is 31.0 Å². The zero-order valence-corrected chi connectivity index (χ0v) is 12.2. The summed E-state index contributed by atoms with van der Waals surface area (Å²) >= 11 is 0. The van der Waals surface area contributed by atoms with E-state index in [1.807, 2.05) is 0 Å². The van der Waals surface area contributed by atoms with Crippen molar-refractivity contribution in [2.75, 3.05) is 20.1 Å². The Hall–Kier alpha value is -2.28. The smallest absolute Gasteiger partial charge is 0.240 e. The zero-order chi connectivity index (χ0) is 16.0. The quantitative estimate of drug-likeness (QED) is 0.531. The van der Waals surface area contributed by atoms with E-state index in [-0.39, 0.29) is 36.3 Å². The van der Waals surface area contributed by atoms with E-state index in [4.69, 9.17) is 5.73 Å². The molecule has 0 aliphatic rings. The molecule has 0 aliphatic carbocycles. The summed E-state index contributed by atoms with van der Waals surface area (Å²) in [7, 11) is 1.50. The van der Waals surface area contributed by atoms with Crippen LogP contribution in [0, 0.1) is 0 Å². The zero-order valence-electron chi connectivity index (χ0n) is 12.2. The van der Waals surface area contributed by atoms with Crippen molar-refractivity contribution in [3.05, 3.63) is 23.8 Å². The predicted molar refractivity (Wildman–Crippen MR) is 77.8 cm³/mol. The molecule has 21 heavy (non-hydrogen) atoms. The molecule has 0 saturated heterocycles. The van der Waals surface area contributed by atoms with Crippen LogP contribution in [0.4, 0.5) is 0 Å². The summed E-state index contributed by atoms with van der Waals surface area (Å²) in [6, 6.07) is 3.46. The van der Waals surface area contributed by atoms with Gasteiger partial charge in [0.15, 0.2) is 11.5 Å². The largest absolute Gasteiger partial charge is 0.504 e. The summed E-state index contributed by atoms with van der Waals surface area (Å²) < 4.78 is 0. The van der Waals surface area contributed by atoms with E-state index in [1.165, 1.54) is 24.1 Å². The molecule has 1 aromatic carbocycles. The van der Waals surface area contributed by atoms with Gasteiger partial charge in [0.1, 0.15) is 0 Å². The van der Waals surface area contributed by atoms with Crippen LogP contribution >= 0.6 is 0 Å². The van der Waals surface area contributed by atoms with Crippen molar-refractivity contribution in [1.29, 1.82) is 0 Å². The fourth-order valence-electron chi connectivity index (χ4n) is 1.87. The van der Waals surface area contributed by atoms with Gasteiger partial charge in [0, 0.05) is 13.6 Å². The first-order valence-corrected chi connectivity index (χ1v) is 6.64. The highest BCUT2D eigenvalue weighted by Gasteiger charge is 2.22. The van der Waals surface area contributed by atoms with Crippen LogP contribution in [0.5, 0.6) is 11.5 Å². The molecule has 0 unspecified atom stereocenters. The molecule has 0 fully saturated rings. The molecule has 0 saturated carbocycles. The van der Waals surface area contributed by atoms with Crippen LogP contribution in [0.25, 0.3) is 0 Å². The monoisotopic (exact) mass is 295 g/mol. The topological polar surface area (TPSA) is 116 Å². The van der Waals surface area contributed by atoms with Gasteiger partial charge in [-0.15, -0.1) is 0 Å². The number of amides is 2. The molecule has 0 radical (unpaired) electrons. The van der Waals surface area contributed by atoms with E-state index in [2.05, 4.69) is 5.32 Å². The molecule has 1 rings (SSSR count). The average molecular weight is 295 g/mol. The summed E-state index contributed by atoms with van der Waals surface area (Å²) in [6.07, 6.45) is 0.205. The lowest BCUT2D eigenvalue weighted by molar-refractivity contribution is -0.136. The van der Waals surface area contributed by atoms with E-state index < -0.39 is 6.04 Å². The SMILES string of the molecule is CCN(CC(=O)NC)C(=O)[C@@H](N)Cc1ccc(O)c(O)c1.